The van der Waals surface area contributed by atoms with E-state index in [9.17, 15) is 19.5 Å². The topological polar surface area (TPSA) is 108 Å². The molecule has 2 N–H and O–H groups in total. The van der Waals surface area contributed by atoms with E-state index in [1.807, 2.05) is 13.8 Å². The third kappa shape index (κ3) is 3.06. The number of hydrogen-bond donors (Lipinski definition) is 2. The molecule has 0 radical (unpaired) electrons. The fourth-order valence-electron chi connectivity index (χ4n) is 6.34. The summed E-state index contributed by atoms with van der Waals surface area (Å²) in [5, 5.41) is 15.8. The van der Waals surface area contributed by atoms with Gasteiger partial charge in [0, 0.05) is 35.7 Å². The Morgan fingerprint density at radius 1 is 1.20 bits per heavy atom. The summed E-state index contributed by atoms with van der Waals surface area (Å²) < 4.78 is 10.6. The van der Waals surface area contributed by atoms with Crippen molar-refractivity contribution < 1.29 is 29.0 Å². The van der Waals surface area contributed by atoms with Crippen molar-refractivity contribution in [2.75, 3.05) is 11.9 Å². The molecule has 0 aliphatic carbocycles. The maximum Gasteiger partial charge on any atom is 0.514 e. The van der Waals surface area contributed by atoms with Crippen LogP contribution in [0.15, 0.2) is 30.9 Å². The van der Waals surface area contributed by atoms with Crippen molar-refractivity contribution in [2.45, 2.75) is 82.8 Å². The van der Waals surface area contributed by atoms with Gasteiger partial charge in [-0.3, -0.25) is 9.59 Å². The zero-order valence-corrected chi connectivity index (χ0v) is 20.9. The lowest BCUT2D eigenvalue weighted by Crippen LogP contribution is -2.73. The van der Waals surface area contributed by atoms with E-state index < -0.39 is 40.5 Å². The molecule has 2 amide bonds. The molecule has 3 saturated heterocycles. The highest BCUT2D eigenvalue weighted by atomic mass is 16.7. The van der Waals surface area contributed by atoms with E-state index in [-0.39, 0.29) is 24.0 Å². The molecule has 5 rings (SSSR count). The van der Waals surface area contributed by atoms with Crippen molar-refractivity contribution in [3.8, 4) is 5.75 Å². The molecule has 0 unspecified atom stereocenters. The van der Waals surface area contributed by atoms with Crippen LogP contribution in [0.5, 0.6) is 5.75 Å². The fraction of sp³-hybridized carbons (Fsp3) is 0.577. The Morgan fingerprint density at radius 3 is 2.57 bits per heavy atom. The third-order valence-corrected chi connectivity index (χ3v) is 7.89. The van der Waals surface area contributed by atoms with Gasteiger partial charge in [-0.1, -0.05) is 26.0 Å². The Bertz CT molecular complexity index is 1140. The van der Waals surface area contributed by atoms with Crippen LogP contribution in [0.2, 0.25) is 0 Å². The summed E-state index contributed by atoms with van der Waals surface area (Å²) in [6.45, 7) is 13.6. The predicted molar refractivity (Wildman–Crippen MR) is 128 cm³/mol. The summed E-state index contributed by atoms with van der Waals surface area (Å²) in [7, 11) is 0. The molecule has 4 heterocycles. The van der Waals surface area contributed by atoms with Gasteiger partial charge >= 0.3 is 6.16 Å². The number of carbonyl (C=O) groups is 3. The van der Waals surface area contributed by atoms with Gasteiger partial charge in [-0.25, -0.2) is 4.79 Å². The molecule has 4 aliphatic heterocycles. The van der Waals surface area contributed by atoms with Crippen LogP contribution in [0, 0.1) is 5.41 Å². The van der Waals surface area contributed by atoms with Crippen molar-refractivity contribution in [1.29, 1.82) is 0 Å². The van der Waals surface area contributed by atoms with Crippen LogP contribution in [-0.4, -0.2) is 62.8 Å². The number of benzene rings is 1. The lowest BCUT2D eigenvalue weighted by molar-refractivity contribution is -0.169. The van der Waals surface area contributed by atoms with Crippen LogP contribution in [0.3, 0.4) is 0 Å². The van der Waals surface area contributed by atoms with Crippen LogP contribution in [0.4, 0.5) is 10.5 Å². The molecule has 0 bridgehead atoms. The van der Waals surface area contributed by atoms with Crippen LogP contribution in [0.25, 0.3) is 0 Å². The first kappa shape index (κ1) is 23.7. The smallest absolute Gasteiger partial charge is 0.428 e. The van der Waals surface area contributed by atoms with Gasteiger partial charge in [-0.05, 0) is 39.7 Å². The Hall–Kier alpha value is -3.07. The minimum atomic E-state index is -1.57. The molecule has 35 heavy (non-hydrogen) atoms. The highest BCUT2D eigenvalue weighted by Gasteiger charge is 2.76. The zero-order valence-electron chi connectivity index (χ0n) is 20.9. The van der Waals surface area contributed by atoms with Crippen LogP contribution < -0.4 is 10.1 Å². The fourth-order valence-corrected chi connectivity index (χ4v) is 6.34. The first-order chi connectivity index (χ1) is 16.3. The largest absolute Gasteiger partial charge is 0.514 e. The second kappa shape index (κ2) is 7.22. The number of carbonyl (C=O) groups excluding carboxylic acids is 3. The first-order valence-corrected chi connectivity index (χ1v) is 12.1. The van der Waals surface area contributed by atoms with Gasteiger partial charge in [0.1, 0.15) is 29.0 Å². The van der Waals surface area contributed by atoms with Crippen LogP contribution in [-0.2, 0) is 19.9 Å². The molecule has 4 aliphatic rings. The van der Waals surface area contributed by atoms with E-state index in [1.54, 1.807) is 54.8 Å². The van der Waals surface area contributed by atoms with E-state index in [0.29, 0.717) is 24.2 Å². The number of nitrogens with zero attached hydrogens (tertiary/aromatic N) is 2. The summed E-state index contributed by atoms with van der Waals surface area (Å²) in [5.74, 6) is -0.0499. The Kier molecular flexibility index (Phi) is 4.88. The van der Waals surface area contributed by atoms with Gasteiger partial charge in [-0.2, -0.15) is 0 Å². The number of fused-ring (bicyclic) bond motifs is 6. The summed E-state index contributed by atoms with van der Waals surface area (Å²) in [5.41, 5.74) is -3.39. The minimum absolute atomic E-state index is 0.0599. The molecule has 9 heteroatoms. The quantitative estimate of drug-likeness (QED) is 0.386. The van der Waals surface area contributed by atoms with E-state index in [1.165, 1.54) is 0 Å². The highest BCUT2D eigenvalue weighted by molar-refractivity contribution is 6.00. The molecule has 4 atom stereocenters. The van der Waals surface area contributed by atoms with Gasteiger partial charge in [0.2, 0.25) is 11.8 Å². The van der Waals surface area contributed by atoms with Crippen molar-refractivity contribution in [3.63, 3.8) is 0 Å². The second-order valence-electron chi connectivity index (χ2n) is 11.5. The minimum Gasteiger partial charge on any atom is -0.428 e. The normalized spacial score (nSPS) is 31.4. The molecular formula is C26H33N3O6. The maximum absolute atomic E-state index is 13.8. The summed E-state index contributed by atoms with van der Waals surface area (Å²) in [6, 6.07) is 3.58. The molecule has 0 saturated carbocycles. The van der Waals surface area contributed by atoms with Gasteiger partial charge in [0.25, 0.3) is 0 Å². The maximum atomic E-state index is 13.8. The first-order valence-electron chi connectivity index (χ1n) is 12.1. The summed E-state index contributed by atoms with van der Waals surface area (Å²) >= 11 is 0. The van der Waals surface area contributed by atoms with Crippen LogP contribution in [0.1, 0.15) is 59.4 Å². The molecular weight excluding hydrogens is 450 g/mol. The molecule has 3 fully saturated rings. The van der Waals surface area contributed by atoms with E-state index in [0.717, 1.165) is 6.42 Å². The standard InChI is InChI=1S/C26H33N3O6/c1-7-24(5,6)26-25(33,14-19-20(30)28-12-8-9-18(28)21(31)29(19)26)16-11-10-15(13-17(16)27-26)34-22(32)35-23(2,3)4/h7,10-11,13,18-19,27,33H,1,8-9,12,14H2,2-6H3/t18-,19-,25-,26+/m0/s1. The monoisotopic (exact) mass is 483 g/mol. The number of ether oxygens (including phenoxy) is 2. The van der Waals surface area contributed by atoms with Gasteiger partial charge in [0.15, 0.2) is 5.66 Å². The van der Waals surface area contributed by atoms with Crippen molar-refractivity contribution >= 4 is 23.7 Å². The number of anilines is 1. The summed E-state index contributed by atoms with van der Waals surface area (Å²) in [6.07, 6.45) is 2.32. The zero-order chi connectivity index (χ0) is 25.6. The SMILES string of the molecule is C=CC(C)(C)[C@]12Nc3cc(OC(=O)OC(C)(C)C)ccc3[C@@]1(O)C[C@H]1C(=O)N3CCC[C@H]3C(=O)N12. The molecule has 9 nitrogen and oxygen atoms in total. The van der Waals surface area contributed by atoms with Crippen molar-refractivity contribution in [2.24, 2.45) is 5.41 Å². The second-order valence-corrected chi connectivity index (χ2v) is 11.5. The van der Waals surface area contributed by atoms with E-state index in [4.69, 9.17) is 9.47 Å². The molecule has 1 aromatic carbocycles. The van der Waals surface area contributed by atoms with E-state index >= 15 is 0 Å². The molecule has 188 valence electrons. The van der Waals surface area contributed by atoms with Gasteiger partial charge < -0.3 is 29.7 Å². The Labute approximate surface area is 205 Å². The number of aliphatic hydroxyl groups is 1. The molecule has 0 spiro atoms. The number of rotatable bonds is 3. The average molecular weight is 484 g/mol. The van der Waals surface area contributed by atoms with Crippen molar-refractivity contribution in [1.82, 2.24) is 9.80 Å². The number of hydrogen-bond acceptors (Lipinski definition) is 7. The van der Waals surface area contributed by atoms with Crippen molar-refractivity contribution in [3.05, 3.63) is 36.4 Å². The average Bonchev–Trinajstić information content (AvgIpc) is 3.40. The van der Waals surface area contributed by atoms with Crippen LogP contribution >= 0.6 is 0 Å². The number of piperazine rings is 1. The summed E-state index contributed by atoms with van der Waals surface area (Å²) in [4.78, 5) is 42.8. The number of amides is 2. The lowest BCUT2D eigenvalue weighted by atomic mass is 9.68. The third-order valence-electron chi connectivity index (χ3n) is 7.89. The molecule has 1 aromatic rings. The highest BCUT2D eigenvalue weighted by Crippen LogP contribution is 2.63. The van der Waals surface area contributed by atoms with Gasteiger partial charge in [0.05, 0.1) is 0 Å². The van der Waals surface area contributed by atoms with E-state index in [2.05, 4.69) is 11.9 Å². The Balaban J connectivity index is 1.59. The number of nitrogens with one attached hydrogen (secondary N) is 1. The molecule has 0 aromatic heterocycles. The Morgan fingerprint density at radius 2 is 1.91 bits per heavy atom. The van der Waals surface area contributed by atoms with Gasteiger partial charge in [-0.15, -0.1) is 6.58 Å². The lowest BCUT2D eigenvalue weighted by Gasteiger charge is -2.54. The predicted octanol–water partition coefficient (Wildman–Crippen LogP) is 3.13.